The molecule has 0 saturated carbocycles. The molecular formula is C11H18Cl2O6. The van der Waals surface area contributed by atoms with E-state index in [-0.39, 0.29) is 18.4 Å². The molecule has 1 atom stereocenters. The molecule has 6 nitrogen and oxygen atoms in total. The SMILES string of the molecule is COC(=O)C[C@H](C(=O)OCCl)C(C)C.COC(=O)Cl. The van der Waals surface area contributed by atoms with Gasteiger partial charge in [-0.3, -0.25) is 9.59 Å². The van der Waals surface area contributed by atoms with E-state index < -0.39 is 23.3 Å². The lowest BCUT2D eigenvalue weighted by molar-refractivity contribution is -0.154. The van der Waals surface area contributed by atoms with Crippen LogP contribution in [-0.4, -0.2) is 37.7 Å². The van der Waals surface area contributed by atoms with E-state index in [2.05, 4.69) is 25.8 Å². The zero-order valence-corrected chi connectivity index (χ0v) is 12.8. The van der Waals surface area contributed by atoms with Gasteiger partial charge in [-0.2, -0.15) is 0 Å². The molecule has 112 valence electrons. The van der Waals surface area contributed by atoms with E-state index in [1.807, 2.05) is 13.8 Å². The van der Waals surface area contributed by atoms with E-state index in [0.717, 1.165) is 0 Å². The quantitative estimate of drug-likeness (QED) is 0.335. The van der Waals surface area contributed by atoms with Gasteiger partial charge in [0, 0.05) is 11.6 Å². The third kappa shape index (κ3) is 11.8. The van der Waals surface area contributed by atoms with Gasteiger partial charge in [-0.1, -0.05) is 25.4 Å². The number of halogens is 2. The molecule has 0 aliphatic carbocycles. The highest BCUT2D eigenvalue weighted by Gasteiger charge is 2.26. The Balaban J connectivity index is 0. The Labute approximate surface area is 122 Å². The van der Waals surface area contributed by atoms with Crippen LogP contribution in [0.5, 0.6) is 0 Å². The Morgan fingerprint density at radius 3 is 1.84 bits per heavy atom. The van der Waals surface area contributed by atoms with Crippen LogP contribution < -0.4 is 0 Å². The number of ether oxygens (including phenoxy) is 3. The molecule has 0 aromatic carbocycles. The fourth-order valence-electron chi connectivity index (χ4n) is 1.01. The van der Waals surface area contributed by atoms with Crippen molar-refractivity contribution in [1.29, 1.82) is 0 Å². The molecule has 19 heavy (non-hydrogen) atoms. The lowest BCUT2D eigenvalue weighted by Crippen LogP contribution is -2.25. The first-order chi connectivity index (χ1) is 8.79. The van der Waals surface area contributed by atoms with Gasteiger partial charge in [-0.05, 0) is 5.92 Å². The van der Waals surface area contributed by atoms with Gasteiger partial charge in [-0.15, -0.1) is 0 Å². The molecule has 0 saturated heterocycles. The molecule has 8 heteroatoms. The summed E-state index contributed by atoms with van der Waals surface area (Å²) in [6.45, 7) is 3.67. The van der Waals surface area contributed by atoms with Crippen LogP contribution in [0.1, 0.15) is 20.3 Å². The molecule has 0 unspecified atom stereocenters. The van der Waals surface area contributed by atoms with Gasteiger partial charge in [0.1, 0.15) is 0 Å². The highest BCUT2D eigenvalue weighted by molar-refractivity contribution is 6.61. The molecule has 0 aromatic heterocycles. The van der Waals surface area contributed by atoms with Gasteiger partial charge in [0.05, 0.1) is 26.6 Å². The first-order valence-electron chi connectivity index (χ1n) is 5.32. The average Bonchev–Trinajstić information content (AvgIpc) is 2.35. The Hall–Kier alpha value is -1.01. The van der Waals surface area contributed by atoms with Crippen molar-refractivity contribution in [3.63, 3.8) is 0 Å². The maximum Gasteiger partial charge on any atom is 0.403 e. The lowest BCUT2D eigenvalue weighted by Gasteiger charge is -2.17. The normalized spacial score (nSPS) is 10.9. The zero-order valence-electron chi connectivity index (χ0n) is 11.3. The fraction of sp³-hybridized carbons (Fsp3) is 0.727. The summed E-state index contributed by atoms with van der Waals surface area (Å²) in [5.74, 6) is -1.35. The first-order valence-corrected chi connectivity index (χ1v) is 6.24. The summed E-state index contributed by atoms with van der Waals surface area (Å²) in [5.41, 5.74) is -0.773. The molecule has 0 amide bonds. The van der Waals surface area contributed by atoms with Crippen LogP contribution >= 0.6 is 23.2 Å². The second kappa shape index (κ2) is 12.0. The number of carbonyl (C=O) groups excluding carboxylic acids is 3. The molecular weight excluding hydrogens is 299 g/mol. The maximum absolute atomic E-state index is 11.3. The standard InChI is InChI=1S/C9H15ClO4.C2H3ClO2/c1-6(2)7(4-8(11)13-3)9(12)14-5-10;1-5-2(3)4/h6-7H,4-5H2,1-3H3;1H3/t7-;/m0./s1. The van der Waals surface area contributed by atoms with Gasteiger partial charge in [0.25, 0.3) is 0 Å². The maximum atomic E-state index is 11.3. The monoisotopic (exact) mass is 316 g/mol. The second-order valence-corrected chi connectivity index (χ2v) is 4.17. The number of esters is 2. The number of hydrogen-bond donors (Lipinski definition) is 0. The minimum absolute atomic E-state index is 0.0183. The molecule has 0 bridgehead atoms. The Bertz CT molecular complexity index is 293. The molecule has 0 radical (unpaired) electrons. The predicted octanol–water partition coefficient (Wildman–Crippen LogP) is 2.55. The van der Waals surface area contributed by atoms with Crippen LogP contribution in [0.15, 0.2) is 0 Å². The topological polar surface area (TPSA) is 78.9 Å². The van der Waals surface area contributed by atoms with E-state index in [4.69, 9.17) is 11.6 Å². The first kappa shape index (κ1) is 20.3. The van der Waals surface area contributed by atoms with Crippen molar-refractivity contribution < 1.29 is 28.6 Å². The van der Waals surface area contributed by atoms with Crippen molar-refractivity contribution in [2.75, 3.05) is 20.3 Å². The van der Waals surface area contributed by atoms with Crippen LogP contribution in [0, 0.1) is 11.8 Å². The van der Waals surface area contributed by atoms with E-state index >= 15 is 0 Å². The van der Waals surface area contributed by atoms with Crippen LogP contribution in [0.25, 0.3) is 0 Å². The van der Waals surface area contributed by atoms with Crippen LogP contribution in [0.4, 0.5) is 4.79 Å². The summed E-state index contributed by atoms with van der Waals surface area (Å²) in [7, 11) is 2.50. The van der Waals surface area contributed by atoms with Crippen molar-refractivity contribution in [2.24, 2.45) is 11.8 Å². The van der Waals surface area contributed by atoms with Crippen molar-refractivity contribution in [3.05, 3.63) is 0 Å². The van der Waals surface area contributed by atoms with Gasteiger partial charge in [0.2, 0.25) is 0 Å². The summed E-state index contributed by atoms with van der Waals surface area (Å²) in [6.07, 6.45) is 0.0316. The Kier molecular flexibility index (Phi) is 12.9. The van der Waals surface area contributed by atoms with E-state index in [1.165, 1.54) is 14.2 Å². The third-order valence-corrected chi connectivity index (χ3v) is 2.34. The lowest BCUT2D eigenvalue weighted by atomic mass is 9.93. The molecule has 0 N–H and O–H groups in total. The van der Waals surface area contributed by atoms with E-state index in [9.17, 15) is 14.4 Å². The molecule has 0 aliphatic rings. The summed E-state index contributed by atoms with van der Waals surface area (Å²) in [6, 6.07) is -0.191. The Morgan fingerprint density at radius 2 is 1.58 bits per heavy atom. The summed E-state index contributed by atoms with van der Waals surface area (Å²) < 4.78 is 13.0. The summed E-state index contributed by atoms with van der Waals surface area (Å²) >= 11 is 9.86. The number of methoxy groups -OCH3 is 2. The number of alkyl halides is 1. The van der Waals surface area contributed by atoms with Crippen LogP contribution in [0.3, 0.4) is 0 Å². The number of rotatable bonds is 5. The van der Waals surface area contributed by atoms with Gasteiger partial charge in [-0.25, -0.2) is 4.79 Å². The van der Waals surface area contributed by atoms with Crippen LogP contribution in [0.2, 0.25) is 0 Å². The van der Waals surface area contributed by atoms with Crippen molar-refractivity contribution in [3.8, 4) is 0 Å². The highest BCUT2D eigenvalue weighted by Crippen LogP contribution is 2.17. The van der Waals surface area contributed by atoms with E-state index in [0.29, 0.717) is 0 Å². The Morgan fingerprint density at radius 1 is 1.11 bits per heavy atom. The van der Waals surface area contributed by atoms with Crippen molar-refractivity contribution in [1.82, 2.24) is 0 Å². The summed E-state index contributed by atoms with van der Waals surface area (Å²) in [5, 5.41) is 0. The predicted molar refractivity (Wildman–Crippen MR) is 70.0 cm³/mol. The van der Waals surface area contributed by atoms with Gasteiger partial charge < -0.3 is 14.2 Å². The van der Waals surface area contributed by atoms with Crippen molar-refractivity contribution >= 4 is 40.6 Å². The molecule has 0 fully saturated rings. The van der Waals surface area contributed by atoms with Crippen LogP contribution in [-0.2, 0) is 23.8 Å². The minimum atomic E-state index is -0.773. The van der Waals surface area contributed by atoms with Gasteiger partial charge in [0.15, 0.2) is 6.07 Å². The summed E-state index contributed by atoms with van der Waals surface area (Å²) in [4.78, 5) is 31.6. The smallest absolute Gasteiger partial charge is 0.403 e. The molecule has 0 aliphatic heterocycles. The van der Waals surface area contributed by atoms with Gasteiger partial charge >= 0.3 is 17.4 Å². The second-order valence-electron chi connectivity index (χ2n) is 3.65. The third-order valence-electron chi connectivity index (χ3n) is 2.08. The zero-order chi connectivity index (χ0) is 15.4. The highest BCUT2D eigenvalue weighted by atomic mass is 35.5. The molecule has 0 heterocycles. The number of carbonyl (C=O) groups is 3. The molecule has 0 spiro atoms. The molecule has 0 rings (SSSR count). The van der Waals surface area contributed by atoms with E-state index in [1.54, 1.807) is 0 Å². The average molecular weight is 317 g/mol. The largest absolute Gasteiger partial charge is 0.469 e. The fourth-order valence-corrected chi connectivity index (χ4v) is 1.12. The number of hydrogen-bond acceptors (Lipinski definition) is 6. The van der Waals surface area contributed by atoms with Crippen molar-refractivity contribution in [2.45, 2.75) is 20.3 Å². The minimum Gasteiger partial charge on any atom is -0.469 e. The molecule has 0 aromatic rings.